The number of carbonyl (C=O) groups is 2. The number of sulfonamides is 1. The van der Waals surface area contributed by atoms with Gasteiger partial charge in [0.05, 0.1) is 10.5 Å². The van der Waals surface area contributed by atoms with E-state index in [0.717, 1.165) is 0 Å². The van der Waals surface area contributed by atoms with E-state index < -0.39 is 15.9 Å². The largest absolute Gasteiger partial charge is 0.507 e. The zero-order valence-electron chi connectivity index (χ0n) is 12.6. The predicted octanol–water partition coefficient (Wildman–Crippen LogP) is 0.974. The van der Waals surface area contributed by atoms with Crippen LogP contribution in [0.3, 0.4) is 0 Å². The van der Waals surface area contributed by atoms with Crippen molar-refractivity contribution in [2.75, 3.05) is 5.32 Å². The highest BCUT2D eigenvalue weighted by molar-refractivity contribution is 7.89. The van der Waals surface area contributed by atoms with Crippen molar-refractivity contribution < 1.29 is 23.1 Å². The molecule has 126 valence electrons. The van der Waals surface area contributed by atoms with Crippen LogP contribution in [0.1, 0.15) is 17.3 Å². The van der Waals surface area contributed by atoms with Crippen LogP contribution in [0.15, 0.2) is 53.4 Å². The highest BCUT2D eigenvalue weighted by Gasteiger charge is 2.17. The third-order valence-electron chi connectivity index (χ3n) is 2.93. The van der Waals surface area contributed by atoms with Crippen molar-refractivity contribution in [1.29, 1.82) is 0 Å². The highest BCUT2D eigenvalue weighted by atomic mass is 32.2. The molecule has 0 spiro atoms. The van der Waals surface area contributed by atoms with Gasteiger partial charge >= 0.3 is 0 Å². The van der Waals surface area contributed by atoms with Crippen LogP contribution < -0.4 is 15.6 Å². The minimum Gasteiger partial charge on any atom is -0.507 e. The molecule has 0 atom stereocenters. The van der Waals surface area contributed by atoms with Gasteiger partial charge in [0.15, 0.2) is 0 Å². The van der Waals surface area contributed by atoms with Crippen molar-refractivity contribution in [2.24, 2.45) is 0 Å². The molecule has 4 N–H and O–H groups in total. The summed E-state index contributed by atoms with van der Waals surface area (Å²) in [6, 6.07) is 11.1. The molecule has 0 unspecified atom stereocenters. The number of hydrazine groups is 1. The van der Waals surface area contributed by atoms with Gasteiger partial charge in [-0.15, -0.1) is 4.83 Å². The first-order valence-electron chi connectivity index (χ1n) is 6.77. The molecule has 2 rings (SSSR count). The number of benzene rings is 2. The Balaban J connectivity index is 2.07. The van der Waals surface area contributed by atoms with Crippen molar-refractivity contribution >= 4 is 27.5 Å². The van der Waals surface area contributed by atoms with E-state index in [-0.39, 0.29) is 22.1 Å². The first-order valence-corrected chi connectivity index (χ1v) is 8.26. The molecule has 0 aliphatic rings. The minimum atomic E-state index is -4.00. The van der Waals surface area contributed by atoms with Crippen molar-refractivity contribution in [3.8, 4) is 5.75 Å². The molecule has 0 aromatic heterocycles. The van der Waals surface area contributed by atoms with E-state index in [0.29, 0.717) is 5.69 Å². The van der Waals surface area contributed by atoms with Crippen molar-refractivity contribution in [3.05, 3.63) is 54.1 Å². The van der Waals surface area contributed by atoms with E-state index in [1.165, 1.54) is 55.5 Å². The minimum absolute atomic E-state index is 0.0683. The lowest BCUT2D eigenvalue weighted by Gasteiger charge is -2.10. The number of hydrogen-bond donors (Lipinski definition) is 4. The van der Waals surface area contributed by atoms with Gasteiger partial charge in [-0.2, -0.15) is 0 Å². The van der Waals surface area contributed by atoms with Crippen LogP contribution in [0.25, 0.3) is 0 Å². The van der Waals surface area contributed by atoms with Crippen molar-refractivity contribution in [2.45, 2.75) is 11.8 Å². The Labute approximate surface area is 138 Å². The quantitative estimate of drug-likeness (QED) is 0.599. The number of para-hydroxylation sites is 1. The molecule has 0 fully saturated rings. The molecule has 9 heteroatoms. The maximum atomic E-state index is 12.1. The summed E-state index contributed by atoms with van der Waals surface area (Å²) in [4.78, 5) is 24.6. The summed E-state index contributed by atoms with van der Waals surface area (Å²) >= 11 is 0. The fourth-order valence-electron chi connectivity index (χ4n) is 1.83. The third-order valence-corrected chi connectivity index (χ3v) is 4.20. The molecule has 0 radical (unpaired) electrons. The summed E-state index contributed by atoms with van der Waals surface area (Å²) in [6.45, 7) is 1.33. The molecule has 0 aliphatic heterocycles. The molecule has 0 aliphatic carbocycles. The zero-order chi connectivity index (χ0) is 17.7. The number of hydrogen-bond acceptors (Lipinski definition) is 5. The Morgan fingerprint density at radius 3 is 2.21 bits per heavy atom. The van der Waals surface area contributed by atoms with E-state index in [2.05, 4.69) is 5.32 Å². The van der Waals surface area contributed by atoms with Gasteiger partial charge in [0, 0.05) is 12.6 Å². The van der Waals surface area contributed by atoms with Crippen molar-refractivity contribution in [3.63, 3.8) is 0 Å². The van der Waals surface area contributed by atoms with E-state index in [9.17, 15) is 23.1 Å². The Morgan fingerprint density at radius 2 is 1.62 bits per heavy atom. The highest BCUT2D eigenvalue weighted by Crippen LogP contribution is 2.16. The van der Waals surface area contributed by atoms with Gasteiger partial charge in [-0.05, 0) is 36.4 Å². The molecule has 0 saturated carbocycles. The van der Waals surface area contributed by atoms with Gasteiger partial charge in [-0.1, -0.05) is 12.1 Å². The average Bonchev–Trinajstić information content (AvgIpc) is 2.53. The summed E-state index contributed by atoms with van der Waals surface area (Å²) in [5.41, 5.74) is 2.39. The van der Waals surface area contributed by atoms with E-state index in [1.54, 1.807) is 0 Å². The SMILES string of the molecule is CC(=O)Nc1ccc(S(=O)(=O)NNC(=O)c2ccccc2O)cc1. The second kappa shape index (κ2) is 7.11. The number of aromatic hydroxyl groups is 1. The van der Waals surface area contributed by atoms with Crippen LogP contribution in [0.2, 0.25) is 0 Å². The Hall–Kier alpha value is -2.91. The fourth-order valence-corrected chi connectivity index (χ4v) is 2.67. The second-order valence-electron chi connectivity index (χ2n) is 4.78. The van der Waals surface area contributed by atoms with Crippen molar-refractivity contribution in [1.82, 2.24) is 10.3 Å². The summed E-state index contributed by atoms with van der Waals surface area (Å²) in [6.07, 6.45) is 0. The monoisotopic (exact) mass is 349 g/mol. The Bertz CT molecular complexity index is 863. The van der Waals surface area contributed by atoms with Crippen LogP contribution >= 0.6 is 0 Å². The lowest BCUT2D eigenvalue weighted by molar-refractivity contribution is -0.114. The summed E-state index contributed by atoms with van der Waals surface area (Å²) in [5.74, 6) is -1.35. The summed E-state index contributed by atoms with van der Waals surface area (Å²) in [5, 5.41) is 12.1. The predicted molar refractivity (Wildman–Crippen MR) is 86.6 cm³/mol. The van der Waals surface area contributed by atoms with Gasteiger partial charge in [0.1, 0.15) is 5.75 Å². The maximum absolute atomic E-state index is 12.1. The number of amides is 2. The average molecular weight is 349 g/mol. The fraction of sp³-hybridized carbons (Fsp3) is 0.0667. The number of anilines is 1. The first-order chi connectivity index (χ1) is 11.3. The summed E-state index contributed by atoms with van der Waals surface area (Å²) in [7, 11) is -4.00. The zero-order valence-corrected chi connectivity index (χ0v) is 13.4. The Kier molecular flexibility index (Phi) is 5.17. The van der Waals surface area contributed by atoms with Gasteiger partial charge in [-0.3, -0.25) is 15.0 Å². The molecule has 0 bridgehead atoms. The second-order valence-corrected chi connectivity index (χ2v) is 6.46. The van der Waals surface area contributed by atoms with Gasteiger partial charge in [0.2, 0.25) is 5.91 Å². The molecule has 2 aromatic carbocycles. The van der Waals surface area contributed by atoms with Gasteiger partial charge in [-0.25, -0.2) is 8.42 Å². The van der Waals surface area contributed by atoms with Crippen LogP contribution in [0.4, 0.5) is 5.69 Å². The molecule has 2 aromatic rings. The lowest BCUT2D eigenvalue weighted by atomic mass is 10.2. The first kappa shape index (κ1) is 17.4. The molecule has 24 heavy (non-hydrogen) atoms. The van der Waals surface area contributed by atoms with Crippen LogP contribution in [0, 0.1) is 0 Å². The maximum Gasteiger partial charge on any atom is 0.269 e. The number of phenols is 1. The van der Waals surface area contributed by atoms with Crippen LogP contribution in [-0.2, 0) is 14.8 Å². The van der Waals surface area contributed by atoms with Gasteiger partial charge in [0.25, 0.3) is 15.9 Å². The molecular weight excluding hydrogens is 334 g/mol. The topological polar surface area (TPSA) is 125 Å². The van der Waals surface area contributed by atoms with E-state index >= 15 is 0 Å². The third kappa shape index (κ3) is 4.31. The lowest BCUT2D eigenvalue weighted by Crippen LogP contribution is -2.41. The molecule has 0 saturated heterocycles. The van der Waals surface area contributed by atoms with Crippen LogP contribution in [-0.4, -0.2) is 25.3 Å². The number of carbonyl (C=O) groups excluding carboxylic acids is 2. The standard InChI is InChI=1S/C15H15N3O5S/c1-10(19)16-11-6-8-12(9-7-11)24(22,23)18-17-15(21)13-4-2-3-5-14(13)20/h2-9,18,20H,1H3,(H,16,19)(H,17,21). The molecule has 2 amide bonds. The molecule has 8 nitrogen and oxygen atoms in total. The smallest absolute Gasteiger partial charge is 0.269 e. The van der Waals surface area contributed by atoms with E-state index in [1.807, 2.05) is 10.3 Å². The number of rotatable bonds is 5. The summed E-state index contributed by atoms with van der Waals surface area (Å²) < 4.78 is 24.2. The number of nitrogens with one attached hydrogen (secondary N) is 3. The molecular formula is C15H15N3O5S. The normalized spacial score (nSPS) is 10.9. The Morgan fingerprint density at radius 1 is 1.00 bits per heavy atom. The number of phenolic OH excluding ortho intramolecular Hbond substituents is 1. The van der Waals surface area contributed by atoms with E-state index in [4.69, 9.17) is 0 Å². The van der Waals surface area contributed by atoms with Crippen LogP contribution in [0.5, 0.6) is 5.75 Å². The molecule has 0 heterocycles. The van der Waals surface area contributed by atoms with Gasteiger partial charge < -0.3 is 10.4 Å².